The van der Waals surface area contributed by atoms with Crippen molar-refractivity contribution in [3.05, 3.63) is 27.5 Å². The largest absolute Gasteiger partial charge is 0.309 e. The Morgan fingerprint density at radius 2 is 2.21 bits per heavy atom. The standard InChI is InChI=1S/C13H21N5S/c1-5-6-14-12(7-11-8-18(4)17-16-11)13-9(2)15-10(3)19-13/h8,12,14H,5-7H2,1-4H3. The molecule has 2 heterocycles. The van der Waals surface area contributed by atoms with Crippen LogP contribution in [-0.2, 0) is 13.5 Å². The van der Waals surface area contributed by atoms with E-state index in [1.807, 2.05) is 13.2 Å². The van der Waals surface area contributed by atoms with Gasteiger partial charge in [-0.05, 0) is 26.8 Å². The molecule has 6 heteroatoms. The SMILES string of the molecule is CCCNC(Cc1cn(C)nn1)c1sc(C)nc1C. The lowest BCUT2D eigenvalue weighted by Gasteiger charge is -2.16. The van der Waals surface area contributed by atoms with E-state index in [1.54, 1.807) is 16.0 Å². The van der Waals surface area contributed by atoms with Crippen molar-refractivity contribution in [2.75, 3.05) is 6.54 Å². The van der Waals surface area contributed by atoms with Gasteiger partial charge in [-0.15, -0.1) is 16.4 Å². The summed E-state index contributed by atoms with van der Waals surface area (Å²) in [5.74, 6) is 0. The van der Waals surface area contributed by atoms with Gasteiger partial charge in [0, 0.05) is 30.6 Å². The molecular formula is C13H21N5S. The van der Waals surface area contributed by atoms with Gasteiger partial charge in [0.1, 0.15) is 0 Å². The summed E-state index contributed by atoms with van der Waals surface area (Å²) in [7, 11) is 1.90. The molecule has 0 aliphatic heterocycles. The normalized spacial score (nSPS) is 12.8. The second-order valence-electron chi connectivity index (χ2n) is 4.78. The van der Waals surface area contributed by atoms with E-state index in [0.29, 0.717) is 0 Å². The van der Waals surface area contributed by atoms with Gasteiger partial charge in [-0.2, -0.15) is 0 Å². The van der Waals surface area contributed by atoms with Gasteiger partial charge in [0.15, 0.2) is 0 Å². The maximum atomic E-state index is 4.52. The molecule has 0 amide bonds. The first-order chi connectivity index (χ1) is 9.10. The quantitative estimate of drug-likeness (QED) is 0.880. The molecule has 0 aliphatic rings. The molecule has 0 bridgehead atoms. The fourth-order valence-corrected chi connectivity index (χ4v) is 3.15. The zero-order chi connectivity index (χ0) is 13.8. The third-order valence-electron chi connectivity index (χ3n) is 2.96. The molecule has 0 saturated heterocycles. The van der Waals surface area contributed by atoms with Gasteiger partial charge in [-0.1, -0.05) is 12.1 Å². The van der Waals surface area contributed by atoms with E-state index >= 15 is 0 Å². The molecule has 2 aromatic rings. The van der Waals surface area contributed by atoms with Crippen LogP contribution < -0.4 is 5.32 Å². The molecule has 0 fully saturated rings. The van der Waals surface area contributed by atoms with Crippen molar-refractivity contribution in [2.45, 2.75) is 39.7 Å². The lowest BCUT2D eigenvalue weighted by molar-refractivity contribution is 0.528. The summed E-state index contributed by atoms with van der Waals surface area (Å²) in [6.07, 6.45) is 3.95. The van der Waals surface area contributed by atoms with Gasteiger partial charge in [0.25, 0.3) is 0 Å². The van der Waals surface area contributed by atoms with Gasteiger partial charge in [0.05, 0.1) is 16.4 Å². The second-order valence-corrected chi connectivity index (χ2v) is 6.01. The number of nitrogens with zero attached hydrogens (tertiary/aromatic N) is 4. The summed E-state index contributed by atoms with van der Waals surface area (Å²) in [6, 6.07) is 0.280. The molecule has 1 atom stereocenters. The third kappa shape index (κ3) is 3.61. The van der Waals surface area contributed by atoms with Crippen LogP contribution >= 0.6 is 11.3 Å². The highest BCUT2D eigenvalue weighted by atomic mass is 32.1. The van der Waals surface area contributed by atoms with Crippen LogP contribution in [0.3, 0.4) is 0 Å². The first-order valence-electron chi connectivity index (χ1n) is 6.62. The van der Waals surface area contributed by atoms with Crippen LogP contribution in [0.4, 0.5) is 0 Å². The maximum absolute atomic E-state index is 4.52. The zero-order valence-corrected chi connectivity index (χ0v) is 12.8. The first-order valence-corrected chi connectivity index (χ1v) is 7.44. The number of nitrogens with one attached hydrogen (secondary N) is 1. The predicted molar refractivity (Wildman–Crippen MR) is 77.3 cm³/mol. The molecule has 104 valence electrons. The van der Waals surface area contributed by atoms with Gasteiger partial charge in [-0.25, -0.2) is 4.98 Å². The minimum Gasteiger partial charge on any atom is -0.309 e. The van der Waals surface area contributed by atoms with Crippen LogP contribution in [-0.4, -0.2) is 26.5 Å². The highest BCUT2D eigenvalue weighted by Crippen LogP contribution is 2.27. The first kappa shape index (κ1) is 14.1. The van der Waals surface area contributed by atoms with Crippen LogP contribution in [0.5, 0.6) is 0 Å². The summed E-state index contributed by atoms with van der Waals surface area (Å²) >= 11 is 1.77. The van der Waals surface area contributed by atoms with E-state index < -0.39 is 0 Å². The summed E-state index contributed by atoms with van der Waals surface area (Å²) < 4.78 is 1.75. The Balaban J connectivity index is 2.18. The van der Waals surface area contributed by atoms with Crippen molar-refractivity contribution in [1.82, 2.24) is 25.3 Å². The topological polar surface area (TPSA) is 55.6 Å². The zero-order valence-electron chi connectivity index (χ0n) is 12.0. The number of aromatic nitrogens is 4. The molecular weight excluding hydrogens is 258 g/mol. The van der Waals surface area contributed by atoms with Gasteiger partial charge in [-0.3, -0.25) is 4.68 Å². The van der Waals surface area contributed by atoms with Crippen LogP contribution in [0.1, 0.15) is 40.7 Å². The number of hydrogen-bond donors (Lipinski definition) is 1. The highest BCUT2D eigenvalue weighted by Gasteiger charge is 2.18. The van der Waals surface area contributed by atoms with Crippen LogP contribution in [0.2, 0.25) is 0 Å². The van der Waals surface area contributed by atoms with Crippen molar-refractivity contribution >= 4 is 11.3 Å². The fourth-order valence-electron chi connectivity index (χ4n) is 2.14. The fraction of sp³-hybridized carbons (Fsp3) is 0.615. The van der Waals surface area contributed by atoms with Crippen molar-refractivity contribution in [1.29, 1.82) is 0 Å². The summed E-state index contributed by atoms with van der Waals surface area (Å²) in [6.45, 7) is 7.31. The van der Waals surface area contributed by atoms with Crippen molar-refractivity contribution in [2.24, 2.45) is 7.05 Å². The summed E-state index contributed by atoms with van der Waals surface area (Å²) in [5.41, 5.74) is 2.14. The van der Waals surface area contributed by atoms with Gasteiger partial charge in [0.2, 0.25) is 0 Å². The molecule has 5 nitrogen and oxygen atoms in total. The molecule has 0 radical (unpaired) electrons. The summed E-state index contributed by atoms with van der Waals surface area (Å²) in [5, 5.41) is 12.9. The minimum absolute atomic E-state index is 0.280. The Bertz CT molecular complexity index is 531. The Morgan fingerprint density at radius 3 is 2.74 bits per heavy atom. The van der Waals surface area contributed by atoms with E-state index in [0.717, 1.165) is 35.8 Å². The molecule has 2 rings (SSSR count). The molecule has 1 unspecified atom stereocenters. The Kier molecular flexibility index (Phi) is 4.66. The van der Waals surface area contributed by atoms with Gasteiger partial charge < -0.3 is 5.32 Å². The van der Waals surface area contributed by atoms with Crippen molar-refractivity contribution in [3.8, 4) is 0 Å². The molecule has 19 heavy (non-hydrogen) atoms. The lowest BCUT2D eigenvalue weighted by atomic mass is 10.1. The maximum Gasteiger partial charge on any atom is 0.0900 e. The number of rotatable bonds is 6. The van der Waals surface area contributed by atoms with Crippen molar-refractivity contribution in [3.63, 3.8) is 0 Å². The lowest BCUT2D eigenvalue weighted by Crippen LogP contribution is -2.24. The average molecular weight is 279 g/mol. The Morgan fingerprint density at radius 1 is 1.42 bits per heavy atom. The van der Waals surface area contributed by atoms with Crippen LogP contribution in [0.15, 0.2) is 6.20 Å². The molecule has 0 aromatic carbocycles. The minimum atomic E-state index is 0.280. The van der Waals surface area contributed by atoms with E-state index in [1.165, 1.54) is 4.88 Å². The van der Waals surface area contributed by atoms with E-state index in [9.17, 15) is 0 Å². The molecule has 0 spiro atoms. The number of aryl methyl sites for hydroxylation is 3. The van der Waals surface area contributed by atoms with E-state index in [4.69, 9.17) is 0 Å². The Labute approximate surface area is 118 Å². The van der Waals surface area contributed by atoms with Crippen LogP contribution in [0.25, 0.3) is 0 Å². The third-order valence-corrected chi connectivity index (χ3v) is 4.15. The molecule has 2 aromatic heterocycles. The van der Waals surface area contributed by atoms with Crippen LogP contribution in [0, 0.1) is 13.8 Å². The molecule has 1 N–H and O–H groups in total. The number of hydrogen-bond acceptors (Lipinski definition) is 5. The Hall–Kier alpha value is -1.27. The predicted octanol–water partition coefficient (Wildman–Crippen LogP) is 2.17. The van der Waals surface area contributed by atoms with Gasteiger partial charge >= 0.3 is 0 Å². The smallest absolute Gasteiger partial charge is 0.0900 e. The molecule has 0 aliphatic carbocycles. The second kappa shape index (κ2) is 6.25. The number of thiazole rings is 1. The average Bonchev–Trinajstić information content (AvgIpc) is 2.91. The summed E-state index contributed by atoms with van der Waals surface area (Å²) in [4.78, 5) is 5.84. The monoisotopic (exact) mass is 279 g/mol. The highest BCUT2D eigenvalue weighted by molar-refractivity contribution is 7.11. The van der Waals surface area contributed by atoms with E-state index in [2.05, 4.69) is 41.4 Å². The molecule has 0 saturated carbocycles. The van der Waals surface area contributed by atoms with E-state index in [-0.39, 0.29) is 6.04 Å². The van der Waals surface area contributed by atoms with Crippen molar-refractivity contribution < 1.29 is 0 Å².